The van der Waals surface area contributed by atoms with Crippen LogP contribution in [-0.2, 0) is 27.3 Å². The van der Waals surface area contributed by atoms with Gasteiger partial charge in [0.15, 0.2) is 16.6 Å². The lowest BCUT2D eigenvalue weighted by molar-refractivity contribution is -0.137. The normalized spacial score (nSPS) is 16.6. The summed E-state index contributed by atoms with van der Waals surface area (Å²) in [5.74, 6) is -0.380. The molecule has 0 aliphatic carbocycles. The Hall–Kier alpha value is -2.40. The monoisotopic (exact) mass is 418 g/mol. The van der Waals surface area contributed by atoms with Crippen LogP contribution in [0.15, 0.2) is 35.5 Å². The zero-order chi connectivity index (χ0) is 20.5. The predicted molar refractivity (Wildman–Crippen MR) is 93.6 cm³/mol. The molecule has 0 amide bonds. The summed E-state index contributed by atoms with van der Waals surface area (Å²) in [6, 6.07) is 2.79. The molecule has 1 aliphatic rings. The number of alkyl halides is 3. The molecule has 28 heavy (non-hydrogen) atoms. The molecule has 1 saturated heterocycles. The number of sulfone groups is 1. The van der Waals surface area contributed by atoms with Crippen molar-refractivity contribution in [1.29, 1.82) is 0 Å². The van der Waals surface area contributed by atoms with E-state index in [1.165, 1.54) is 24.2 Å². The smallest absolute Gasteiger partial charge is 0.416 e. The summed E-state index contributed by atoms with van der Waals surface area (Å²) < 4.78 is 72.8. The molecule has 11 heteroatoms. The fourth-order valence-electron chi connectivity index (χ4n) is 2.98. The zero-order valence-electron chi connectivity index (χ0n) is 14.8. The molecule has 152 valence electrons. The molecule has 3 rings (SSSR count). The molecule has 1 aromatic heterocycles. The second kappa shape index (κ2) is 7.55. The molecule has 2 heterocycles. The van der Waals surface area contributed by atoms with Crippen molar-refractivity contribution >= 4 is 9.84 Å². The Kier molecular flexibility index (Phi) is 5.48. The summed E-state index contributed by atoms with van der Waals surface area (Å²) in [5, 5.41) is 0. The van der Waals surface area contributed by atoms with Crippen LogP contribution in [-0.4, -0.2) is 43.4 Å². The van der Waals surface area contributed by atoms with E-state index < -0.39 is 27.1 Å². The minimum absolute atomic E-state index is 0.00779. The summed E-state index contributed by atoms with van der Waals surface area (Å²) >= 11 is 0. The van der Waals surface area contributed by atoms with Gasteiger partial charge in [0.1, 0.15) is 5.75 Å². The van der Waals surface area contributed by atoms with Crippen LogP contribution in [0.25, 0.3) is 11.1 Å². The Morgan fingerprint density at radius 2 is 1.96 bits per heavy atom. The van der Waals surface area contributed by atoms with Crippen LogP contribution in [0.5, 0.6) is 5.75 Å². The molecule has 0 saturated carbocycles. The first-order valence-corrected chi connectivity index (χ1v) is 10.0. The topological polar surface area (TPSA) is 87.5 Å². The summed E-state index contributed by atoms with van der Waals surface area (Å²) in [5.41, 5.74) is -1.24. The molecule has 0 bridgehead atoms. The molecule has 0 N–H and O–H groups in total. The van der Waals surface area contributed by atoms with E-state index in [0.29, 0.717) is 0 Å². The highest BCUT2D eigenvalue weighted by molar-refractivity contribution is 7.92. The Morgan fingerprint density at radius 3 is 2.57 bits per heavy atom. The molecule has 0 atom stereocenters. The van der Waals surface area contributed by atoms with Crippen molar-refractivity contribution in [2.45, 2.75) is 12.7 Å². The molecular formula is C17H17F3N2O5S. The van der Waals surface area contributed by atoms with E-state index in [1.54, 1.807) is 0 Å². The quantitative estimate of drug-likeness (QED) is 0.667. The third kappa shape index (κ3) is 4.36. The second-order valence-corrected chi connectivity index (χ2v) is 8.62. The highest BCUT2D eigenvalue weighted by Crippen LogP contribution is 2.36. The third-order valence-electron chi connectivity index (χ3n) is 4.27. The number of ether oxygens (including phenoxy) is 2. The molecule has 0 radical (unpaired) electrons. The first-order valence-electron chi connectivity index (χ1n) is 8.19. The van der Waals surface area contributed by atoms with Crippen LogP contribution >= 0.6 is 0 Å². The van der Waals surface area contributed by atoms with E-state index in [-0.39, 0.29) is 47.6 Å². The fourth-order valence-corrected chi connectivity index (χ4v) is 4.53. The number of halogens is 3. The Bertz CT molecular complexity index is 1020. The summed E-state index contributed by atoms with van der Waals surface area (Å²) in [7, 11) is -1.72. The van der Waals surface area contributed by atoms with E-state index in [0.717, 1.165) is 18.2 Å². The van der Waals surface area contributed by atoms with Crippen molar-refractivity contribution < 1.29 is 31.1 Å². The van der Waals surface area contributed by atoms with Crippen molar-refractivity contribution in [2.24, 2.45) is 5.92 Å². The maximum Gasteiger partial charge on any atom is 0.416 e. The van der Waals surface area contributed by atoms with Gasteiger partial charge in [0.25, 0.3) is 5.56 Å². The molecule has 0 spiro atoms. The Balaban J connectivity index is 1.98. The standard InChI is InChI=1S/C17H17F3N2O5S/c1-26-10-27-15-4-12(17(18,19)20)2-3-13(15)14-5-21-9-22(16(14)23)6-11-7-28(24,25)8-11/h2-5,9,11H,6-8,10H2,1H3. The number of methoxy groups -OCH3 is 1. The van der Waals surface area contributed by atoms with Crippen molar-refractivity contribution in [3.05, 3.63) is 46.6 Å². The molecule has 1 aromatic carbocycles. The lowest BCUT2D eigenvalue weighted by Crippen LogP contribution is -2.41. The molecule has 7 nitrogen and oxygen atoms in total. The van der Waals surface area contributed by atoms with Gasteiger partial charge in [-0.15, -0.1) is 0 Å². The molecular weight excluding hydrogens is 401 g/mol. The van der Waals surface area contributed by atoms with E-state index in [4.69, 9.17) is 9.47 Å². The highest BCUT2D eigenvalue weighted by Gasteiger charge is 2.34. The maximum absolute atomic E-state index is 13.0. The summed E-state index contributed by atoms with van der Waals surface area (Å²) in [6.45, 7) is -0.142. The molecule has 1 fully saturated rings. The average Bonchev–Trinajstić information content (AvgIpc) is 2.59. The maximum atomic E-state index is 13.0. The average molecular weight is 418 g/mol. The highest BCUT2D eigenvalue weighted by atomic mass is 32.2. The second-order valence-electron chi connectivity index (χ2n) is 6.47. The van der Waals surface area contributed by atoms with Crippen LogP contribution in [0.2, 0.25) is 0 Å². The minimum atomic E-state index is -4.57. The van der Waals surface area contributed by atoms with E-state index in [1.807, 2.05) is 0 Å². The Morgan fingerprint density at radius 1 is 1.25 bits per heavy atom. The van der Waals surface area contributed by atoms with Gasteiger partial charge in [-0.2, -0.15) is 13.2 Å². The van der Waals surface area contributed by atoms with Crippen molar-refractivity contribution in [2.75, 3.05) is 25.4 Å². The summed E-state index contributed by atoms with van der Waals surface area (Å²) in [4.78, 5) is 16.7. The van der Waals surface area contributed by atoms with Gasteiger partial charge >= 0.3 is 6.18 Å². The number of hydrogen-bond donors (Lipinski definition) is 0. The number of nitrogens with zero attached hydrogens (tertiary/aromatic N) is 2. The van der Waals surface area contributed by atoms with Gasteiger partial charge in [-0.1, -0.05) is 0 Å². The SMILES string of the molecule is COCOc1cc(C(F)(F)F)ccc1-c1cncn(CC2CS(=O)(=O)C2)c1=O. The van der Waals surface area contributed by atoms with Crippen LogP contribution in [0, 0.1) is 5.92 Å². The van der Waals surface area contributed by atoms with Crippen molar-refractivity contribution in [3.8, 4) is 16.9 Å². The largest absolute Gasteiger partial charge is 0.467 e. The first kappa shape index (κ1) is 20.3. The fraction of sp³-hybridized carbons (Fsp3) is 0.412. The van der Waals surface area contributed by atoms with Gasteiger partial charge in [-0.25, -0.2) is 13.4 Å². The van der Waals surface area contributed by atoms with Crippen LogP contribution in [0.4, 0.5) is 13.2 Å². The number of aromatic nitrogens is 2. The van der Waals surface area contributed by atoms with Gasteiger partial charge in [0, 0.05) is 31.3 Å². The van der Waals surface area contributed by atoms with E-state index in [2.05, 4.69) is 4.98 Å². The first-order chi connectivity index (χ1) is 13.1. The molecule has 2 aromatic rings. The minimum Gasteiger partial charge on any atom is -0.467 e. The van der Waals surface area contributed by atoms with Crippen LogP contribution < -0.4 is 10.3 Å². The van der Waals surface area contributed by atoms with Crippen LogP contribution in [0.3, 0.4) is 0 Å². The lowest BCUT2D eigenvalue weighted by atomic mass is 10.0. The van der Waals surface area contributed by atoms with E-state index >= 15 is 0 Å². The number of rotatable bonds is 6. The number of benzene rings is 1. The van der Waals surface area contributed by atoms with Gasteiger partial charge in [0.2, 0.25) is 0 Å². The van der Waals surface area contributed by atoms with Crippen molar-refractivity contribution in [3.63, 3.8) is 0 Å². The summed E-state index contributed by atoms with van der Waals surface area (Å²) in [6.07, 6.45) is -2.07. The zero-order valence-corrected chi connectivity index (χ0v) is 15.6. The Labute approximate surface area is 158 Å². The van der Waals surface area contributed by atoms with Gasteiger partial charge in [-0.3, -0.25) is 9.36 Å². The van der Waals surface area contributed by atoms with Gasteiger partial charge < -0.3 is 9.47 Å². The van der Waals surface area contributed by atoms with Gasteiger partial charge in [-0.05, 0) is 18.2 Å². The third-order valence-corrected chi connectivity index (χ3v) is 6.23. The molecule has 1 aliphatic heterocycles. The predicted octanol–water partition coefficient (Wildman–Crippen LogP) is 1.96. The lowest BCUT2D eigenvalue weighted by Gasteiger charge is -2.26. The van der Waals surface area contributed by atoms with Gasteiger partial charge in [0.05, 0.1) is 29.0 Å². The van der Waals surface area contributed by atoms with Crippen LogP contribution in [0.1, 0.15) is 5.56 Å². The molecule has 0 unspecified atom stereocenters. The van der Waals surface area contributed by atoms with Crippen molar-refractivity contribution in [1.82, 2.24) is 9.55 Å². The number of hydrogen-bond acceptors (Lipinski definition) is 6. The van der Waals surface area contributed by atoms with E-state index in [9.17, 15) is 26.4 Å².